The average Bonchev–Trinajstić information content (AvgIpc) is 3.22. The summed E-state index contributed by atoms with van der Waals surface area (Å²) in [5, 5.41) is 12.0. The maximum Gasteiger partial charge on any atom is 0.407 e. The number of anilines is 1. The number of carbonyl (C=O) groups is 2. The third-order valence-corrected chi connectivity index (χ3v) is 4.14. The van der Waals surface area contributed by atoms with Crippen LogP contribution in [0.3, 0.4) is 0 Å². The van der Waals surface area contributed by atoms with Crippen molar-refractivity contribution in [2.24, 2.45) is 0 Å². The summed E-state index contributed by atoms with van der Waals surface area (Å²) >= 11 is 0. The number of H-pyrrole nitrogens is 1. The van der Waals surface area contributed by atoms with Crippen molar-refractivity contribution >= 4 is 17.8 Å². The Bertz CT molecular complexity index is 867. The number of aromatic amines is 1. The molecule has 0 radical (unpaired) electrons. The minimum absolute atomic E-state index is 0.0248. The number of hydrogen-bond donors (Lipinski definition) is 3. The average molecular weight is 408 g/mol. The molecule has 156 valence electrons. The second-order valence-electron chi connectivity index (χ2n) is 7.10. The number of alkyl carbamates (subject to hydrolysis) is 1. The van der Waals surface area contributed by atoms with Crippen molar-refractivity contribution in [2.45, 2.75) is 44.9 Å². The third-order valence-electron chi connectivity index (χ3n) is 4.14. The number of halogens is 2. The first kappa shape index (κ1) is 20.7. The summed E-state index contributed by atoms with van der Waals surface area (Å²) in [4.78, 5) is 23.8. The molecule has 1 aliphatic heterocycles. The van der Waals surface area contributed by atoms with Gasteiger partial charge in [0.05, 0.1) is 18.7 Å². The Morgan fingerprint density at radius 3 is 2.69 bits per heavy atom. The van der Waals surface area contributed by atoms with Crippen LogP contribution in [-0.4, -0.2) is 41.0 Å². The second-order valence-corrected chi connectivity index (χ2v) is 7.10. The molecule has 1 fully saturated rings. The molecule has 0 aliphatic carbocycles. The summed E-state index contributed by atoms with van der Waals surface area (Å²) in [6, 6.07) is 4.52. The van der Waals surface area contributed by atoms with E-state index in [9.17, 15) is 18.4 Å². The number of nitrogens with one attached hydrogen (secondary N) is 3. The Balaban J connectivity index is 1.51. The molecule has 8 nitrogen and oxygen atoms in total. The molecular weight excluding hydrogens is 386 g/mol. The van der Waals surface area contributed by atoms with E-state index in [-0.39, 0.29) is 42.7 Å². The van der Waals surface area contributed by atoms with E-state index in [1.54, 1.807) is 6.07 Å². The highest BCUT2D eigenvalue weighted by Crippen LogP contribution is 2.30. The van der Waals surface area contributed by atoms with Crippen molar-refractivity contribution in [3.05, 3.63) is 47.2 Å². The molecule has 0 bridgehead atoms. The van der Waals surface area contributed by atoms with Crippen LogP contribution in [0.15, 0.2) is 24.3 Å². The smallest absolute Gasteiger partial charge is 0.407 e. The Kier molecular flexibility index (Phi) is 6.42. The van der Waals surface area contributed by atoms with Gasteiger partial charge in [-0.3, -0.25) is 9.89 Å². The summed E-state index contributed by atoms with van der Waals surface area (Å²) in [6.07, 6.45) is -0.993. The van der Waals surface area contributed by atoms with Gasteiger partial charge >= 0.3 is 6.09 Å². The van der Waals surface area contributed by atoms with Crippen molar-refractivity contribution in [1.29, 1.82) is 0 Å². The van der Waals surface area contributed by atoms with Gasteiger partial charge in [-0.2, -0.15) is 5.10 Å². The fourth-order valence-corrected chi connectivity index (χ4v) is 2.97. The van der Waals surface area contributed by atoms with Gasteiger partial charge in [0.2, 0.25) is 5.91 Å². The Hall–Kier alpha value is -3.01. The predicted molar refractivity (Wildman–Crippen MR) is 99.1 cm³/mol. The zero-order chi connectivity index (χ0) is 21.0. The van der Waals surface area contributed by atoms with E-state index in [4.69, 9.17) is 9.47 Å². The third kappa shape index (κ3) is 5.98. The van der Waals surface area contributed by atoms with Crippen LogP contribution < -0.4 is 10.6 Å². The fourth-order valence-electron chi connectivity index (χ4n) is 2.97. The Morgan fingerprint density at radius 1 is 1.28 bits per heavy atom. The summed E-state index contributed by atoms with van der Waals surface area (Å²) in [6.45, 7) is 3.92. The molecule has 2 heterocycles. The molecular formula is C19H22F2N4O4. The van der Waals surface area contributed by atoms with E-state index in [0.717, 1.165) is 18.2 Å². The van der Waals surface area contributed by atoms with Crippen molar-refractivity contribution in [3.8, 4) is 0 Å². The standard InChI is InChI=1S/C19H22F2N4O4/c1-10(2)22-19(27)29-14-7-16(28-9-14)15-8-17(25-24-15)23-18(26)5-11-3-12(20)6-13(21)4-11/h3-4,6,8,10,14,16H,5,7,9H2,1-2H3,(H,22,27)(H2,23,24,25,26). The predicted octanol–water partition coefficient (Wildman–Crippen LogP) is 2.83. The van der Waals surface area contributed by atoms with Crippen LogP contribution in [-0.2, 0) is 20.7 Å². The largest absolute Gasteiger partial charge is 0.444 e. The summed E-state index contributed by atoms with van der Waals surface area (Å²) in [5.74, 6) is -1.70. The van der Waals surface area contributed by atoms with E-state index in [1.165, 1.54) is 0 Å². The zero-order valence-electron chi connectivity index (χ0n) is 16.0. The Morgan fingerprint density at radius 2 is 2.00 bits per heavy atom. The minimum atomic E-state index is -0.743. The molecule has 2 amide bonds. The maximum absolute atomic E-state index is 13.2. The van der Waals surface area contributed by atoms with Gasteiger partial charge in [0.15, 0.2) is 5.82 Å². The van der Waals surface area contributed by atoms with Crippen LogP contribution in [0, 0.1) is 11.6 Å². The quantitative estimate of drug-likeness (QED) is 0.682. The maximum atomic E-state index is 13.2. The number of carbonyl (C=O) groups excluding carboxylic acids is 2. The first-order chi connectivity index (χ1) is 13.8. The van der Waals surface area contributed by atoms with Crippen LogP contribution in [0.2, 0.25) is 0 Å². The molecule has 2 atom stereocenters. The SMILES string of the molecule is CC(C)NC(=O)OC1COC(c2cc(NC(=O)Cc3cc(F)cc(F)c3)n[nH]2)C1. The van der Waals surface area contributed by atoms with Crippen LogP contribution in [0.4, 0.5) is 19.4 Å². The topological polar surface area (TPSA) is 105 Å². The normalized spacial score (nSPS) is 18.7. The molecule has 0 saturated carbocycles. The van der Waals surface area contributed by atoms with Crippen LogP contribution in [0.5, 0.6) is 0 Å². The Labute approximate surface area is 166 Å². The molecule has 2 unspecified atom stereocenters. The number of benzene rings is 1. The van der Waals surface area contributed by atoms with E-state index in [2.05, 4.69) is 20.8 Å². The molecule has 3 rings (SSSR count). The van der Waals surface area contributed by atoms with Crippen molar-refractivity contribution in [2.75, 3.05) is 11.9 Å². The molecule has 10 heteroatoms. The van der Waals surface area contributed by atoms with Gasteiger partial charge in [0.1, 0.15) is 23.8 Å². The highest BCUT2D eigenvalue weighted by molar-refractivity contribution is 5.91. The van der Waals surface area contributed by atoms with Gasteiger partial charge in [-0.05, 0) is 31.5 Å². The van der Waals surface area contributed by atoms with Crippen LogP contribution >= 0.6 is 0 Å². The lowest BCUT2D eigenvalue weighted by Crippen LogP contribution is -2.33. The highest BCUT2D eigenvalue weighted by atomic mass is 19.1. The van der Waals surface area contributed by atoms with Crippen LogP contribution in [0.1, 0.15) is 37.6 Å². The number of amides is 2. The lowest BCUT2D eigenvalue weighted by atomic mass is 10.1. The van der Waals surface area contributed by atoms with Crippen molar-refractivity contribution < 1.29 is 27.8 Å². The number of nitrogens with zero attached hydrogens (tertiary/aromatic N) is 1. The van der Waals surface area contributed by atoms with E-state index >= 15 is 0 Å². The molecule has 0 spiro atoms. The molecule has 3 N–H and O–H groups in total. The van der Waals surface area contributed by atoms with E-state index < -0.39 is 23.6 Å². The number of hydrogen-bond acceptors (Lipinski definition) is 5. The zero-order valence-corrected chi connectivity index (χ0v) is 16.0. The lowest BCUT2D eigenvalue weighted by Gasteiger charge is -2.13. The van der Waals surface area contributed by atoms with Gasteiger partial charge in [-0.1, -0.05) is 0 Å². The first-order valence-corrected chi connectivity index (χ1v) is 9.17. The summed E-state index contributed by atoms with van der Waals surface area (Å²) in [5.41, 5.74) is 0.835. The van der Waals surface area contributed by atoms with Gasteiger partial charge in [-0.25, -0.2) is 13.6 Å². The highest BCUT2D eigenvalue weighted by Gasteiger charge is 2.31. The van der Waals surface area contributed by atoms with Gasteiger partial charge in [0.25, 0.3) is 0 Å². The number of rotatable bonds is 6. The van der Waals surface area contributed by atoms with E-state index in [1.807, 2.05) is 13.8 Å². The lowest BCUT2D eigenvalue weighted by molar-refractivity contribution is -0.115. The monoisotopic (exact) mass is 408 g/mol. The van der Waals surface area contributed by atoms with Crippen molar-refractivity contribution in [3.63, 3.8) is 0 Å². The molecule has 1 aliphatic rings. The van der Waals surface area contributed by atoms with Gasteiger partial charge in [-0.15, -0.1) is 0 Å². The molecule has 1 saturated heterocycles. The number of ether oxygens (including phenoxy) is 2. The molecule has 1 aromatic carbocycles. The van der Waals surface area contributed by atoms with Gasteiger partial charge < -0.3 is 20.1 Å². The molecule has 1 aromatic heterocycles. The summed E-state index contributed by atoms with van der Waals surface area (Å²) < 4.78 is 37.3. The number of aromatic nitrogens is 2. The fraction of sp³-hybridized carbons (Fsp3) is 0.421. The first-order valence-electron chi connectivity index (χ1n) is 9.17. The van der Waals surface area contributed by atoms with Gasteiger partial charge in [0, 0.05) is 24.6 Å². The van der Waals surface area contributed by atoms with E-state index in [0.29, 0.717) is 12.1 Å². The van der Waals surface area contributed by atoms with Crippen LogP contribution in [0.25, 0.3) is 0 Å². The summed E-state index contributed by atoms with van der Waals surface area (Å²) in [7, 11) is 0. The molecule has 2 aromatic rings. The molecule has 29 heavy (non-hydrogen) atoms. The van der Waals surface area contributed by atoms with Crippen molar-refractivity contribution in [1.82, 2.24) is 15.5 Å². The minimum Gasteiger partial charge on any atom is -0.444 e. The second kappa shape index (κ2) is 8.99.